The van der Waals surface area contributed by atoms with Gasteiger partial charge in [-0.15, -0.1) is 0 Å². The Kier molecular flexibility index (Phi) is 8.11. The maximum absolute atomic E-state index is 13.2. The number of carbonyl (C=O) groups is 2. The number of hydrogen-bond acceptors (Lipinski definition) is 4. The molecular formula is C28H28F3N3O3. The lowest BCUT2D eigenvalue weighted by atomic mass is 9.89. The van der Waals surface area contributed by atoms with Gasteiger partial charge in [0.05, 0.1) is 12.2 Å². The van der Waals surface area contributed by atoms with E-state index in [0.717, 1.165) is 48.9 Å². The van der Waals surface area contributed by atoms with Crippen molar-refractivity contribution >= 4 is 17.5 Å². The van der Waals surface area contributed by atoms with Gasteiger partial charge in [-0.1, -0.05) is 19.1 Å². The van der Waals surface area contributed by atoms with Gasteiger partial charge in [0.2, 0.25) is 0 Å². The molecule has 0 atom stereocenters. The van der Waals surface area contributed by atoms with E-state index >= 15 is 0 Å². The highest BCUT2D eigenvalue weighted by Crippen LogP contribution is 2.32. The summed E-state index contributed by atoms with van der Waals surface area (Å²) in [5.41, 5.74) is 0.317. The molecule has 37 heavy (non-hydrogen) atoms. The fraction of sp³-hybridized carbons (Fsp3) is 0.321. The van der Waals surface area contributed by atoms with Crippen molar-refractivity contribution in [1.29, 1.82) is 0 Å². The van der Waals surface area contributed by atoms with Crippen LogP contribution in [0.4, 0.5) is 18.9 Å². The average Bonchev–Trinajstić information content (AvgIpc) is 2.92. The summed E-state index contributed by atoms with van der Waals surface area (Å²) in [5.74, 6) is 0.0626. The van der Waals surface area contributed by atoms with Crippen LogP contribution < -0.4 is 10.1 Å². The minimum Gasteiger partial charge on any atom is -0.494 e. The number of ether oxygens (including phenoxy) is 1. The number of hydrogen-bond donors (Lipinski definition) is 1. The number of nitrogens with one attached hydrogen (secondary N) is 1. The molecule has 1 N–H and O–H groups in total. The summed E-state index contributed by atoms with van der Waals surface area (Å²) in [4.78, 5) is 30.8. The largest absolute Gasteiger partial charge is 0.494 e. The van der Waals surface area contributed by atoms with Crippen molar-refractivity contribution in [3.05, 3.63) is 89.2 Å². The molecule has 1 saturated heterocycles. The van der Waals surface area contributed by atoms with Gasteiger partial charge in [0, 0.05) is 30.5 Å². The highest BCUT2D eigenvalue weighted by atomic mass is 19.4. The lowest BCUT2D eigenvalue weighted by Crippen LogP contribution is -2.37. The molecule has 0 aliphatic carbocycles. The molecular weight excluding hydrogens is 483 g/mol. The second-order valence-electron chi connectivity index (χ2n) is 8.91. The van der Waals surface area contributed by atoms with Crippen molar-refractivity contribution in [2.75, 3.05) is 25.0 Å². The lowest BCUT2D eigenvalue weighted by molar-refractivity contribution is -0.138. The Hall–Kier alpha value is -3.88. The number of aromatic nitrogens is 1. The van der Waals surface area contributed by atoms with Gasteiger partial charge in [-0.3, -0.25) is 14.6 Å². The molecule has 0 unspecified atom stereocenters. The molecule has 4 rings (SSSR count). The molecule has 0 bridgehead atoms. The van der Waals surface area contributed by atoms with Crippen LogP contribution >= 0.6 is 0 Å². The van der Waals surface area contributed by atoms with Crippen LogP contribution in [-0.4, -0.2) is 41.4 Å². The molecule has 1 aliphatic rings. The summed E-state index contributed by atoms with van der Waals surface area (Å²) in [5, 5.41) is 2.49. The summed E-state index contributed by atoms with van der Waals surface area (Å²) in [7, 11) is 0. The first-order valence-electron chi connectivity index (χ1n) is 12.2. The number of piperidine rings is 1. The van der Waals surface area contributed by atoms with E-state index in [-0.39, 0.29) is 11.8 Å². The number of alkyl halides is 3. The number of carbonyl (C=O) groups excluding carboxylic acids is 2. The topological polar surface area (TPSA) is 71.5 Å². The average molecular weight is 512 g/mol. The third-order valence-electron chi connectivity index (χ3n) is 6.32. The molecule has 194 valence electrons. The second-order valence-corrected chi connectivity index (χ2v) is 8.91. The molecule has 3 aromatic rings. The van der Waals surface area contributed by atoms with E-state index < -0.39 is 23.3 Å². The Labute approximate surface area is 213 Å². The van der Waals surface area contributed by atoms with E-state index in [4.69, 9.17) is 4.74 Å². The van der Waals surface area contributed by atoms with Crippen LogP contribution in [0.3, 0.4) is 0 Å². The van der Waals surface area contributed by atoms with Gasteiger partial charge in [-0.2, -0.15) is 13.2 Å². The lowest BCUT2D eigenvalue weighted by Gasteiger charge is -2.32. The van der Waals surface area contributed by atoms with Crippen LogP contribution in [0, 0.1) is 0 Å². The Morgan fingerprint density at radius 1 is 1.03 bits per heavy atom. The van der Waals surface area contributed by atoms with Crippen molar-refractivity contribution in [2.24, 2.45) is 0 Å². The quantitative estimate of drug-likeness (QED) is 0.412. The van der Waals surface area contributed by atoms with Crippen LogP contribution in [0.2, 0.25) is 0 Å². The molecule has 2 heterocycles. The van der Waals surface area contributed by atoms with Gasteiger partial charge < -0.3 is 15.0 Å². The van der Waals surface area contributed by atoms with Gasteiger partial charge in [0.15, 0.2) is 0 Å². The van der Waals surface area contributed by atoms with E-state index in [9.17, 15) is 22.8 Å². The number of nitrogens with zero attached hydrogens (tertiary/aromatic N) is 2. The minimum absolute atomic E-state index is 0.00806. The number of rotatable bonds is 7. The highest BCUT2D eigenvalue weighted by Gasteiger charge is 2.36. The Balaban J connectivity index is 1.32. The fourth-order valence-electron chi connectivity index (χ4n) is 4.36. The monoisotopic (exact) mass is 511 g/mol. The predicted molar refractivity (Wildman–Crippen MR) is 134 cm³/mol. The van der Waals surface area contributed by atoms with Crippen molar-refractivity contribution in [1.82, 2.24) is 9.88 Å². The maximum Gasteiger partial charge on any atom is 0.418 e. The van der Waals surface area contributed by atoms with Gasteiger partial charge in [0.1, 0.15) is 11.4 Å². The second kappa shape index (κ2) is 11.5. The van der Waals surface area contributed by atoms with E-state index in [1.807, 2.05) is 36.1 Å². The number of amides is 2. The summed E-state index contributed by atoms with van der Waals surface area (Å²) < 4.78 is 45.1. The number of benzene rings is 2. The Morgan fingerprint density at radius 3 is 2.32 bits per heavy atom. The van der Waals surface area contributed by atoms with Crippen molar-refractivity contribution in [2.45, 2.75) is 38.3 Å². The first kappa shape index (κ1) is 26.2. The molecule has 0 radical (unpaired) electrons. The third kappa shape index (κ3) is 6.47. The number of pyridine rings is 1. The summed E-state index contributed by atoms with van der Waals surface area (Å²) in [6, 6.07) is 16.2. The molecule has 1 fully saturated rings. The number of likely N-dealkylation sites (tertiary alicyclic amines) is 1. The molecule has 9 heteroatoms. The van der Waals surface area contributed by atoms with Crippen molar-refractivity contribution in [3.8, 4) is 5.75 Å². The summed E-state index contributed by atoms with van der Waals surface area (Å²) in [6.07, 6.45) is -1.02. The SMILES string of the molecule is CCCOc1ccc(C(=O)N2CCC(c3ccc(NC(=O)c4ncccc4C(F)(F)F)cc3)CC2)cc1. The van der Waals surface area contributed by atoms with Gasteiger partial charge in [-0.05, 0) is 79.3 Å². The van der Waals surface area contributed by atoms with Gasteiger partial charge >= 0.3 is 6.18 Å². The molecule has 0 saturated carbocycles. The third-order valence-corrected chi connectivity index (χ3v) is 6.32. The first-order valence-corrected chi connectivity index (χ1v) is 12.2. The molecule has 1 aliphatic heterocycles. The molecule has 0 spiro atoms. The van der Waals surface area contributed by atoms with E-state index in [0.29, 0.717) is 30.9 Å². The standard InChI is InChI=1S/C28H28F3N3O3/c1-2-18-37-23-11-7-21(8-12-23)27(36)34-16-13-20(14-17-34)19-5-9-22(10-6-19)33-26(35)25-24(28(29,30)31)4-3-15-32-25/h3-12,15,20H,2,13-14,16-18H2,1H3,(H,33,35). The Morgan fingerprint density at radius 2 is 1.70 bits per heavy atom. The van der Waals surface area contributed by atoms with Gasteiger partial charge in [-0.25, -0.2) is 0 Å². The van der Waals surface area contributed by atoms with E-state index in [1.165, 1.54) is 0 Å². The zero-order chi connectivity index (χ0) is 26.4. The van der Waals surface area contributed by atoms with Crippen LogP contribution in [0.5, 0.6) is 5.75 Å². The van der Waals surface area contributed by atoms with Crippen molar-refractivity contribution < 1.29 is 27.5 Å². The smallest absolute Gasteiger partial charge is 0.418 e. The number of halogens is 3. The number of anilines is 1. The summed E-state index contributed by atoms with van der Waals surface area (Å²) >= 11 is 0. The van der Waals surface area contributed by atoms with Crippen LogP contribution in [-0.2, 0) is 6.18 Å². The zero-order valence-corrected chi connectivity index (χ0v) is 20.4. The molecule has 6 nitrogen and oxygen atoms in total. The molecule has 1 aromatic heterocycles. The van der Waals surface area contributed by atoms with Crippen LogP contribution in [0.1, 0.15) is 64.1 Å². The first-order chi connectivity index (χ1) is 17.8. The van der Waals surface area contributed by atoms with Crippen molar-refractivity contribution in [3.63, 3.8) is 0 Å². The predicted octanol–water partition coefficient (Wildman–Crippen LogP) is 6.16. The normalized spacial score (nSPS) is 14.3. The van der Waals surface area contributed by atoms with Crippen LogP contribution in [0.15, 0.2) is 66.9 Å². The zero-order valence-electron chi connectivity index (χ0n) is 20.4. The highest BCUT2D eigenvalue weighted by molar-refractivity contribution is 6.04. The molecule has 2 aromatic carbocycles. The van der Waals surface area contributed by atoms with E-state index in [2.05, 4.69) is 10.3 Å². The van der Waals surface area contributed by atoms with Gasteiger partial charge in [0.25, 0.3) is 11.8 Å². The fourth-order valence-corrected chi connectivity index (χ4v) is 4.36. The Bertz CT molecular complexity index is 1220. The summed E-state index contributed by atoms with van der Waals surface area (Å²) in [6.45, 7) is 3.91. The van der Waals surface area contributed by atoms with E-state index in [1.54, 1.807) is 24.3 Å². The van der Waals surface area contributed by atoms with Crippen LogP contribution in [0.25, 0.3) is 0 Å². The minimum atomic E-state index is -4.67. The maximum atomic E-state index is 13.2. The molecule has 2 amide bonds.